The van der Waals surface area contributed by atoms with E-state index >= 15 is 0 Å². The number of carbonyl (C=O) groups is 1. The Bertz CT molecular complexity index is 115. The zero-order valence-corrected chi connectivity index (χ0v) is 7.26. The van der Waals surface area contributed by atoms with Crippen molar-refractivity contribution in [2.24, 2.45) is 0 Å². The quantitative estimate of drug-likeness (QED) is 0.619. The van der Waals surface area contributed by atoms with E-state index in [2.05, 4.69) is 12.2 Å². The topological polar surface area (TPSA) is 49.3 Å². The minimum Gasteiger partial charge on any atom is -0.387 e. The third-order valence-electron chi connectivity index (χ3n) is 1.64. The molecule has 3 heteroatoms. The maximum Gasteiger partial charge on any atom is 0.245 e. The fourth-order valence-electron chi connectivity index (χ4n) is 1.00. The third kappa shape index (κ3) is 4.79. The molecule has 0 bridgehead atoms. The Hall–Kier alpha value is -0.570. The summed E-state index contributed by atoms with van der Waals surface area (Å²) in [7, 11) is 0. The van der Waals surface area contributed by atoms with Crippen LogP contribution in [0.1, 0.15) is 33.1 Å². The van der Waals surface area contributed by atoms with Gasteiger partial charge in [0.2, 0.25) is 5.91 Å². The Balaban J connectivity index is 3.58. The van der Waals surface area contributed by atoms with Crippen LogP contribution in [0.3, 0.4) is 0 Å². The van der Waals surface area contributed by atoms with E-state index in [-0.39, 0.29) is 11.9 Å². The molecule has 0 aliphatic heterocycles. The number of aliphatic hydroxyl groups is 1. The van der Waals surface area contributed by atoms with Gasteiger partial charge in [-0.1, -0.05) is 20.3 Å². The number of hydrogen-bond acceptors (Lipinski definition) is 2. The predicted octanol–water partition coefficient (Wildman–Crippen LogP) is 0.674. The SMILES string of the molecule is CCC[C@H](CC)NC(=O)CO. The fourth-order valence-corrected chi connectivity index (χ4v) is 1.00. The van der Waals surface area contributed by atoms with Gasteiger partial charge < -0.3 is 10.4 Å². The van der Waals surface area contributed by atoms with Crippen molar-refractivity contribution in [1.29, 1.82) is 0 Å². The van der Waals surface area contributed by atoms with Gasteiger partial charge in [0.25, 0.3) is 0 Å². The molecule has 0 radical (unpaired) electrons. The summed E-state index contributed by atoms with van der Waals surface area (Å²) >= 11 is 0. The molecule has 0 aliphatic carbocycles. The molecule has 1 atom stereocenters. The largest absolute Gasteiger partial charge is 0.387 e. The number of aliphatic hydroxyl groups excluding tert-OH is 1. The van der Waals surface area contributed by atoms with Crippen LogP contribution in [0.2, 0.25) is 0 Å². The summed E-state index contributed by atoms with van der Waals surface area (Å²) in [6.45, 7) is 3.70. The summed E-state index contributed by atoms with van der Waals surface area (Å²) in [5.41, 5.74) is 0. The number of amides is 1. The molecule has 3 nitrogen and oxygen atoms in total. The van der Waals surface area contributed by atoms with Crippen LogP contribution in [0.25, 0.3) is 0 Å². The molecule has 0 saturated heterocycles. The molecule has 11 heavy (non-hydrogen) atoms. The summed E-state index contributed by atoms with van der Waals surface area (Å²) in [6.07, 6.45) is 2.98. The second-order valence-corrected chi connectivity index (χ2v) is 2.62. The second kappa shape index (κ2) is 6.16. The predicted molar refractivity (Wildman–Crippen MR) is 44.2 cm³/mol. The van der Waals surface area contributed by atoms with Crippen molar-refractivity contribution in [3.05, 3.63) is 0 Å². The van der Waals surface area contributed by atoms with Crippen LogP contribution >= 0.6 is 0 Å². The van der Waals surface area contributed by atoms with E-state index in [1.165, 1.54) is 0 Å². The van der Waals surface area contributed by atoms with Gasteiger partial charge in [0.1, 0.15) is 6.61 Å². The molecule has 0 fully saturated rings. The average molecular weight is 159 g/mol. The van der Waals surface area contributed by atoms with Crippen LogP contribution in [0, 0.1) is 0 Å². The highest BCUT2D eigenvalue weighted by Crippen LogP contribution is 1.99. The van der Waals surface area contributed by atoms with Crippen molar-refractivity contribution in [3.63, 3.8) is 0 Å². The second-order valence-electron chi connectivity index (χ2n) is 2.62. The van der Waals surface area contributed by atoms with Crippen molar-refractivity contribution >= 4 is 5.91 Å². The lowest BCUT2D eigenvalue weighted by Gasteiger charge is -2.14. The summed E-state index contributed by atoms with van der Waals surface area (Å²) in [6, 6.07) is 0.236. The van der Waals surface area contributed by atoms with Gasteiger partial charge in [0.05, 0.1) is 0 Å². The Morgan fingerprint density at radius 3 is 2.55 bits per heavy atom. The monoisotopic (exact) mass is 159 g/mol. The molecule has 1 amide bonds. The number of carbonyl (C=O) groups excluding carboxylic acids is 1. The van der Waals surface area contributed by atoms with E-state index < -0.39 is 6.61 Å². The van der Waals surface area contributed by atoms with Gasteiger partial charge in [0, 0.05) is 6.04 Å². The molecule has 0 aromatic carbocycles. The van der Waals surface area contributed by atoms with Crippen LogP contribution in [0.5, 0.6) is 0 Å². The lowest BCUT2D eigenvalue weighted by molar-refractivity contribution is -0.124. The van der Waals surface area contributed by atoms with E-state index in [1.54, 1.807) is 0 Å². The van der Waals surface area contributed by atoms with Gasteiger partial charge in [0.15, 0.2) is 0 Å². The third-order valence-corrected chi connectivity index (χ3v) is 1.64. The van der Waals surface area contributed by atoms with Crippen LogP contribution < -0.4 is 5.32 Å². The van der Waals surface area contributed by atoms with Crippen molar-refractivity contribution < 1.29 is 9.90 Å². The summed E-state index contributed by atoms with van der Waals surface area (Å²) in [5.74, 6) is -0.273. The van der Waals surface area contributed by atoms with Gasteiger partial charge in [-0.15, -0.1) is 0 Å². The van der Waals surface area contributed by atoms with Crippen molar-refractivity contribution in [1.82, 2.24) is 5.32 Å². The number of nitrogens with one attached hydrogen (secondary N) is 1. The first-order valence-corrected chi connectivity index (χ1v) is 4.14. The fraction of sp³-hybridized carbons (Fsp3) is 0.875. The molecule has 0 spiro atoms. The molecule has 0 unspecified atom stereocenters. The average Bonchev–Trinajstić information content (AvgIpc) is 2.03. The van der Waals surface area contributed by atoms with Gasteiger partial charge in [-0.05, 0) is 12.8 Å². The molecule has 0 aromatic heterocycles. The summed E-state index contributed by atoms with van der Waals surface area (Å²) < 4.78 is 0. The molecular weight excluding hydrogens is 142 g/mol. The molecule has 2 N–H and O–H groups in total. The lowest BCUT2D eigenvalue weighted by Crippen LogP contribution is -2.35. The molecule has 0 aromatic rings. The van der Waals surface area contributed by atoms with Crippen LogP contribution in [-0.2, 0) is 4.79 Å². The first-order valence-electron chi connectivity index (χ1n) is 4.14. The Morgan fingerprint density at radius 2 is 2.18 bits per heavy atom. The molecule has 0 aliphatic rings. The first-order chi connectivity index (χ1) is 5.24. The van der Waals surface area contributed by atoms with Gasteiger partial charge in [-0.3, -0.25) is 4.79 Å². The highest BCUT2D eigenvalue weighted by Gasteiger charge is 2.06. The lowest BCUT2D eigenvalue weighted by atomic mass is 10.1. The van der Waals surface area contributed by atoms with Crippen LogP contribution in [-0.4, -0.2) is 23.7 Å². The zero-order chi connectivity index (χ0) is 8.69. The van der Waals surface area contributed by atoms with Crippen molar-refractivity contribution in [3.8, 4) is 0 Å². The molecule has 66 valence electrons. The minimum atomic E-state index is -0.403. The van der Waals surface area contributed by atoms with Gasteiger partial charge in [-0.2, -0.15) is 0 Å². The van der Waals surface area contributed by atoms with Gasteiger partial charge in [-0.25, -0.2) is 0 Å². The van der Waals surface area contributed by atoms with Crippen molar-refractivity contribution in [2.75, 3.05) is 6.61 Å². The maximum absolute atomic E-state index is 10.7. The van der Waals surface area contributed by atoms with Crippen molar-refractivity contribution in [2.45, 2.75) is 39.2 Å². The van der Waals surface area contributed by atoms with E-state index in [4.69, 9.17) is 5.11 Å². The molecule has 0 saturated carbocycles. The van der Waals surface area contributed by atoms with E-state index in [9.17, 15) is 4.79 Å². The smallest absolute Gasteiger partial charge is 0.245 e. The molecule has 0 heterocycles. The van der Waals surface area contributed by atoms with E-state index in [0.717, 1.165) is 19.3 Å². The highest BCUT2D eigenvalue weighted by atomic mass is 16.3. The number of rotatable bonds is 5. The zero-order valence-electron chi connectivity index (χ0n) is 7.26. The van der Waals surface area contributed by atoms with E-state index in [0.29, 0.717) is 0 Å². The van der Waals surface area contributed by atoms with Gasteiger partial charge >= 0.3 is 0 Å². The first kappa shape index (κ1) is 10.4. The standard InChI is InChI=1S/C8H17NO2/c1-3-5-7(4-2)9-8(11)6-10/h7,10H,3-6H2,1-2H3,(H,9,11)/t7-/m0/s1. The minimum absolute atomic E-state index is 0.236. The summed E-state index contributed by atoms with van der Waals surface area (Å²) in [5, 5.41) is 11.2. The van der Waals surface area contributed by atoms with Crippen LogP contribution in [0.15, 0.2) is 0 Å². The maximum atomic E-state index is 10.7. The number of hydrogen-bond donors (Lipinski definition) is 2. The Morgan fingerprint density at radius 1 is 1.55 bits per heavy atom. The molecular formula is C8H17NO2. The summed E-state index contributed by atoms with van der Waals surface area (Å²) in [4.78, 5) is 10.7. The van der Waals surface area contributed by atoms with Crippen LogP contribution in [0.4, 0.5) is 0 Å². The van der Waals surface area contributed by atoms with E-state index in [1.807, 2.05) is 6.92 Å². The normalized spacial score (nSPS) is 12.6. The highest BCUT2D eigenvalue weighted by molar-refractivity contribution is 5.77. The Kier molecular flexibility index (Phi) is 5.84. The Labute approximate surface area is 67.8 Å². The molecule has 0 rings (SSSR count).